The molecular weight excluding hydrogens is 338 g/mol. The van der Waals surface area contributed by atoms with Crippen LogP contribution in [-0.2, 0) is 27.4 Å². The summed E-state index contributed by atoms with van der Waals surface area (Å²) in [6.45, 7) is 6.15. The first kappa shape index (κ1) is 18.2. The number of hydrogen-bond acceptors (Lipinski definition) is 5. The molecule has 0 radical (unpaired) electrons. The van der Waals surface area contributed by atoms with Gasteiger partial charge in [-0.3, -0.25) is 4.79 Å². The summed E-state index contributed by atoms with van der Waals surface area (Å²) in [6.07, 6.45) is 3.32. The first-order chi connectivity index (χ1) is 12.1. The summed E-state index contributed by atoms with van der Waals surface area (Å²) in [6, 6.07) is 7.87. The van der Waals surface area contributed by atoms with E-state index >= 15 is 0 Å². The minimum absolute atomic E-state index is 0.0274. The zero-order chi connectivity index (χ0) is 17.6. The van der Waals surface area contributed by atoms with Crippen molar-refractivity contribution in [1.29, 1.82) is 0 Å². The van der Waals surface area contributed by atoms with Gasteiger partial charge in [-0.05, 0) is 51.0 Å². The number of carbonyl (C=O) groups is 1. The summed E-state index contributed by atoms with van der Waals surface area (Å²) >= 11 is 1.71. The van der Waals surface area contributed by atoms with Crippen LogP contribution < -0.4 is 0 Å². The molecule has 136 valence electrons. The third kappa shape index (κ3) is 5.17. The lowest BCUT2D eigenvalue weighted by Crippen LogP contribution is -2.39. The molecule has 0 bridgehead atoms. The molecule has 3 heterocycles. The molecule has 1 aliphatic heterocycles. The van der Waals surface area contributed by atoms with Gasteiger partial charge in [-0.15, -0.1) is 11.3 Å². The van der Waals surface area contributed by atoms with Gasteiger partial charge in [-0.25, -0.2) is 0 Å². The Bertz CT molecular complexity index is 661. The van der Waals surface area contributed by atoms with Crippen LogP contribution in [0.1, 0.15) is 35.3 Å². The Morgan fingerprint density at radius 2 is 2.28 bits per heavy atom. The molecule has 2 aromatic heterocycles. The quantitative estimate of drug-likeness (QED) is 0.716. The Balaban J connectivity index is 1.62. The van der Waals surface area contributed by atoms with E-state index < -0.39 is 6.10 Å². The highest BCUT2D eigenvalue weighted by Crippen LogP contribution is 2.20. The van der Waals surface area contributed by atoms with Gasteiger partial charge < -0.3 is 18.8 Å². The first-order valence-electron chi connectivity index (χ1n) is 8.71. The van der Waals surface area contributed by atoms with Gasteiger partial charge in [0.2, 0.25) is 0 Å². The first-order valence-corrected chi connectivity index (χ1v) is 9.53. The van der Waals surface area contributed by atoms with Crippen LogP contribution in [0.15, 0.2) is 34.9 Å². The number of nitrogens with zero attached hydrogens (tertiary/aromatic N) is 1. The van der Waals surface area contributed by atoms with E-state index in [9.17, 15) is 4.79 Å². The van der Waals surface area contributed by atoms with Crippen LogP contribution in [0, 0.1) is 6.92 Å². The largest absolute Gasteiger partial charge is 0.467 e. The molecule has 2 atom stereocenters. The number of carbonyl (C=O) groups excluding carboxylic acids is 1. The number of aryl methyl sites for hydroxylation is 1. The van der Waals surface area contributed by atoms with Gasteiger partial charge >= 0.3 is 0 Å². The van der Waals surface area contributed by atoms with Crippen LogP contribution >= 0.6 is 11.3 Å². The predicted octanol–water partition coefficient (Wildman–Crippen LogP) is 3.76. The van der Waals surface area contributed by atoms with Crippen molar-refractivity contribution < 1.29 is 18.7 Å². The summed E-state index contributed by atoms with van der Waals surface area (Å²) in [5.41, 5.74) is 0. The van der Waals surface area contributed by atoms with Crippen molar-refractivity contribution in [3.05, 3.63) is 46.0 Å². The normalized spacial score (nSPS) is 18.4. The smallest absolute Gasteiger partial charge is 0.252 e. The second-order valence-corrected chi connectivity index (χ2v) is 7.77. The van der Waals surface area contributed by atoms with Crippen molar-refractivity contribution in [3.63, 3.8) is 0 Å². The maximum absolute atomic E-state index is 12.9. The Kier molecular flexibility index (Phi) is 6.29. The molecule has 25 heavy (non-hydrogen) atoms. The summed E-state index contributed by atoms with van der Waals surface area (Å²) in [4.78, 5) is 17.1. The SMILES string of the molecule is Cc1ccc(CN(Cc2ccco2)C(=O)C(C)OCC2CCCO2)s1. The zero-order valence-electron chi connectivity index (χ0n) is 14.8. The maximum atomic E-state index is 12.9. The monoisotopic (exact) mass is 363 g/mol. The summed E-state index contributed by atoms with van der Waals surface area (Å²) in [5.74, 6) is 0.744. The fourth-order valence-electron chi connectivity index (χ4n) is 2.92. The van der Waals surface area contributed by atoms with Crippen LogP contribution in [-0.4, -0.2) is 36.2 Å². The van der Waals surface area contributed by atoms with E-state index in [-0.39, 0.29) is 12.0 Å². The van der Waals surface area contributed by atoms with E-state index in [1.54, 1.807) is 22.5 Å². The van der Waals surface area contributed by atoms with E-state index in [1.165, 1.54) is 4.88 Å². The Morgan fingerprint density at radius 3 is 2.92 bits per heavy atom. The van der Waals surface area contributed by atoms with Gasteiger partial charge in [0.25, 0.3) is 5.91 Å². The van der Waals surface area contributed by atoms with Gasteiger partial charge in [0.1, 0.15) is 11.9 Å². The Hall–Kier alpha value is -1.63. The second kappa shape index (κ2) is 8.65. The number of furan rings is 1. The minimum Gasteiger partial charge on any atom is -0.467 e. The number of amides is 1. The highest BCUT2D eigenvalue weighted by atomic mass is 32.1. The van der Waals surface area contributed by atoms with E-state index in [0.29, 0.717) is 19.7 Å². The molecule has 0 aliphatic carbocycles. The molecule has 1 amide bonds. The van der Waals surface area contributed by atoms with Crippen LogP contribution in [0.3, 0.4) is 0 Å². The molecule has 2 unspecified atom stereocenters. The molecule has 1 fully saturated rings. The van der Waals surface area contributed by atoms with Crippen molar-refractivity contribution in [3.8, 4) is 0 Å². The summed E-state index contributed by atoms with van der Waals surface area (Å²) in [5, 5.41) is 0. The third-order valence-electron chi connectivity index (χ3n) is 4.29. The minimum atomic E-state index is -0.500. The fourth-order valence-corrected chi connectivity index (χ4v) is 3.82. The molecule has 0 N–H and O–H groups in total. The summed E-state index contributed by atoms with van der Waals surface area (Å²) in [7, 11) is 0. The van der Waals surface area contributed by atoms with E-state index in [1.807, 2.05) is 19.1 Å². The molecule has 0 aromatic carbocycles. The number of thiophene rings is 1. The number of hydrogen-bond donors (Lipinski definition) is 0. The fraction of sp³-hybridized carbons (Fsp3) is 0.526. The lowest BCUT2D eigenvalue weighted by atomic mass is 10.2. The van der Waals surface area contributed by atoms with Crippen LogP contribution in [0.5, 0.6) is 0 Å². The molecular formula is C19H25NO4S. The molecule has 2 aromatic rings. The van der Waals surface area contributed by atoms with Gasteiger partial charge in [0, 0.05) is 16.4 Å². The lowest BCUT2D eigenvalue weighted by Gasteiger charge is -2.25. The molecule has 1 saturated heterocycles. The van der Waals surface area contributed by atoms with Gasteiger partial charge in [-0.2, -0.15) is 0 Å². The number of ether oxygens (including phenoxy) is 2. The third-order valence-corrected chi connectivity index (χ3v) is 5.27. The van der Waals surface area contributed by atoms with E-state index in [2.05, 4.69) is 19.1 Å². The molecule has 5 nitrogen and oxygen atoms in total. The molecule has 0 saturated carbocycles. The predicted molar refractivity (Wildman–Crippen MR) is 96.4 cm³/mol. The zero-order valence-corrected chi connectivity index (χ0v) is 15.6. The van der Waals surface area contributed by atoms with Gasteiger partial charge in [0.15, 0.2) is 0 Å². The molecule has 6 heteroatoms. The van der Waals surface area contributed by atoms with Crippen molar-refractivity contribution in [2.75, 3.05) is 13.2 Å². The summed E-state index contributed by atoms with van der Waals surface area (Å²) < 4.78 is 16.8. The van der Waals surface area contributed by atoms with Crippen molar-refractivity contribution in [2.45, 2.75) is 52.0 Å². The van der Waals surface area contributed by atoms with Crippen molar-refractivity contribution in [1.82, 2.24) is 4.90 Å². The highest BCUT2D eigenvalue weighted by molar-refractivity contribution is 7.11. The topological polar surface area (TPSA) is 51.9 Å². The Morgan fingerprint density at radius 1 is 1.40 bits per heavy atom. The van der Waals surface area contributed by atoms with Crippen LogP contribution in [0.2, 0.25) is 0 Å². The average Bonchev–Trinajstić information content (AvgIpc) is 3.34. The van der Waals surface area contributed by atoms with E-state index in [4.69, 9.17) is 13.9 Å². The molecule has 1 aliphatic rings. The van der Waals surface area contributed by atoms with Crippen LogP contribution in [0.4, 0.5) is 0 Å². The van der Waals surface area contributed by atoms with E-state index in [0.717, 1.165) is 30.1 Å². The van der Waals surface area contributed by atoms with Crippen LogP contribution in [0.25, 0.3) is 0 Å². The average molecular weight is 363 g/mol. The molecule has 3 rings (SSSR count). The molecule has 0 spiro atoms. The number of rotatable bonds is 8. The van der Waals surface area contributed by atoms with Crippen molar-refractivity contribution in [2.24, 2.45) is 0 Å². The Labute approximate surface area is 152 Å². The lowest BCUT2D eigenvalue weighted by molar-refractivity contribution is -0.146. The standard InChI is InChI=1S/C19H25NO4S/c1-14-7-8-18(25-14)12-20(11-16-5-3-9-22-16)19(21)15(2)24-13-17-6-4-10-23-17/h3,5,7-9,15,17H,4,6,10-13H2,1-2H3. The highest BCUT2D eigenvalue weighted by Gasteiger charge is 2.25. The van der Waals surface area contributed by atoms with Gasteiger partial charge in [0.05, 0.1) is 32.1 Å². The maximum Gasteiger partial charge on any atom is 0.252 e. The second-order valence-electron chi connectivity index (χ2n) is 6.40. The van der Waals surface area contributed by atoms with Crippen molar-refractivity contribution >= 4 is 17.2 Å². The van der Waals surface area contributed by atoms with Gasteiger partial charge in [-0.1, -0.05) is 0 Å².